The lowest BCUT2D eigenvalue weighted by Crippen LogP contribution is -2.15. The molecule has 0 atom stereocenters. The third-order valence-electron chi connectivity index (χ3n) is 3.86. The van der Waals surface area contributed by atoms with Crippen molar-refractivity contribution >= 4 is 17.5 Å². The van der Waals surface area contributed by atoms with Crippen molar-refractivity contribution in [2.24, 2.45) is 12.8 Å². The van der Waals surface area contributed by atoms with Gasteiger partial charge in [-0.15, -0.1) is 10.2 Å². The van der Waals surface area contributed by atoms with E-state index in [0.29, 0.717) is 0 Å². The van der Waals surface area contributed by atoms with Crippen LogP contribution in [0, 0.1) is 0 Å². The van der Waals surface area contributed by atoms with Crippen molar-refractivity contribution in [1.29, 1.82) is 0 Å². The standard InChI is InChI=1S/C17H13ClF3N5O2/c1-26-13(8-28-16-11(14(22)27)6-9(18)7-23-16)24-25-15(26)10-4-2-3-5-12(10)17(19,20)21/h2-7H,8H2,1H3,(H2,22,27). The molecule has 0 unspecified atom stereocenters. The highest BCUT2D eigenvalue weighted by atomic mass is 35.5. The second-order valence-corrected chi connectivity index (χ2v) is 6.14. The van der Waals surface area contributed by atoms with Crippen LogP contribution in [0.5, 0.6) is 5.88 Å². The van der Waals surface area contributed by atoms with Gasteiger partial charge in [0.1, 0.15) is 12.2 Å². The average Bonchev–Trinajstić information content (AvgIpc) is 3.00. The summed E-state index contributed by atoms with van der Waals surface area (Å²) in [4.78, 5) is 15.4. The molecule has 1 aromatic carbocycles. The summed E-state index contributed by atoms with van der Waals surface area (Å²) >= 11 is 5.78. The summed E-state index contributed by atoms with van der Waals surface area (Å²) in [6.45, 7) is -0.202. The molecule has 0 saturated carbocycles. The molecule has 3 aromatic rings. The highest BCUT2D eigenvalue weighted by Gasteiger charge is 2.34. The van der Waals surface area contributed by atoms with E-state index in [1.54, 1.807) is 0 Å². The highest BCUT2D eigenvalue weighted by molar-refractivity contribution is 6.30. The van der Waals surface area contributed by atoms with Crippen molar-refractivity contribution in [2.75, 3.05) is 0 Å². The third-order valence-corrected chi connectivity index (χ3v) is 4.07. The Morgan fingerprint density at radius 2 is 2.00 bits per heavy atom. The van der Waals surface area contributed by atoms with Gasteiger partial charge in [0.2, 0.25) is 5.88 Å². The number of primary amides is 1. The first kappa shape index (κ1) is 19.6. The number of benzene rings is 1. The van der Waals surface area contributed by atoms with Crippen LogP contribution in [0.25, 0.3) is 11.4 Å². The van der Waals surface area contributed by atoms with E-state index < -0.39 is 17.6 Å². The average molecular weight is 412 g/mol. The third kappa shape index (κ3) is 3.91. The summed E-state index contributed by atoms with van der Waals surface area (Å²) < 4.78 is 46.6. The van der Waals surface area contributed by atoms with Gasteiger partial charge >= 0.3 is 6.18 Å². The quantitative estimate of drug-likeness (QED) is 0.695. The molecule has 2 N–H and O–H groups in total. The molecular formula is C17H13ClF3N5O2. The van der Waals surface area contributed by atoms with Gasteiger partial charge in [0.05, 0.1) is 10.6 Å². The summed E-state index contributed by atoms with van der Waals surface area (Å²) in [7, 11) is 1.51. The van der Waals surface area contributed by atoms with Crippen molar-refractivity contribution < 1.29 is 22.7 Å². The number of nitrogens with zero attached hydrogens (tertiary/aromatic N) is 4. The number of hydrogen-bond acceptors (Lipinski definition) is 5. The lowest BCUT2D eigenvalue weighted by Gasteiger charge is -2.12. The largest absolute Gasteiger partial charge is 0.469 e. The molecule has 0 aliphatic heterocycles. The molecule has 0 spiro atoms. The predicted octanol–water partition coefficient (Wildman–Crippen LogP) is 3.23. The Morgan fingerprint density at radius 3 is 2.68 bits per heavy atom. The summed E-state index contributed by atoms with van der Waals surface area (Å²) in [5.41, 5.74) is 4.29. The predicted molar refractivity (Wildman–Crippen MR) is 93.5 cm³/mol. The Kier molecular flexibility index (Phi) is 5.23. The number of ether oxygens (including phenoxy) is 1. The van der Waals surface area contributed by atoms with Gasteiger partial charge in [-0.25, -0.2) is 4.98 Å². The summed E-state index contributed by atoms with van der Waals surface area (Å²) in [5, 5.41) is 7.92. The Balaban J connectivity index is 1.89. The van der Waals surface area contributed by atoms with E-state index in [-0.39, 0.29) is 40.3 Å². The van der Waals surface area contributed by atoms with Crippen molar-refractivity contribution in [3.05, 3.63) is 58.5 Å². The molecular weight excluding hydrogens is 399 g/mol. The zero-order chi connectivity index (χ0) is 20.5. The minimum atomic E-state index is -4.54. The number of pyridine rings is 1. The Morgan fingerprint density at radius 1 is 1.29 bits per heavy atom. The van der Waals surface area contributed by atoms with E-state index in [2.05, 4.69) is 15.2 Å². The molecule has 7 nitrogen and oxygen atoms in total. The van der Waals surface area contributed by atoms with Gasteiger partial charge in [0, 0.05) is 18.8 Å². The Hall–Kier alpha value is -3.14. The van der Waals surface area contributed by atoms with Gasteiger partial charge in [-0.2, -0.15) is 13.2 Å². The maximum atomic E-state index is 13.2. The first-order chi connectivity index (χ1) is 13.2. The lowest BCUT2D eigenvalue weighted by molar-refractivity contribution is -0.137. The molecule has 11 heteroatoms. The minimum absolute atomic E-state index is 0.0192. The van der Waals surface area contributed by atoms with E-state index >= 15 is 0 Å². The normalized spacial score (nSPS) is 11.5. The van der Waals surface area contributed by atoms with E-state index in [9.17, 15) is 18.0 Å². The summed E-state index contributed by atoms with van der Waals surface area (Å²) in [6, 6.07) is 6.35. The lowest BCUT2D eigenvalue weighted by atomic mass is 10.1. The van der Waals surface area contributed by atoms with Crippen LogP contribution in [0.1, 0.15) is 21.7 Å². The van der Waals surface area contributed by atoms with Crippen molar-refractivity contribution in [2.45, 2.75) is 12.8 Å². The topological polar surface area (TPSA) is 95.9 Å². The Bertz CT molecular complexity index is 1040. The van der Waals surface area contributed by atoms with Crippen LogP contribution in [0.3, 0.4) is 0 Å². The van der Waals surface area contributed by atoms with Crippen LogP contribution in [-0.4, -0.2) is 25.7 Å². The van der Waals surface area contributed by atoms with Crippen molar-refractivity contribution in [3.63, 3.8) is 0 Å². The Labute approximate surface area is 161 Å². The smallest absolute Gasteiger partial charge is 0.417 e. The fraction of sp³-hybridized carbons (Fsp3) is 0.176. The molecule has 0 radical (unpaired) electrons. The van der Waals surface area contributed by atoms with Crippen molar-refractivity contribution in [3.8, 4) is 17.3 Å². The number of amides is 1. The van der Waals surface area contributed by atoms with Crippen LogP contribution in [0.15, 0.2) is 36.5 Å². The van der Waals surface area contributed by atoms with E-state index in [1.165, 1.54) is 42.1 Å². The molecule has 0 saturated heterocycles. The number of aromatic nitrogens is 4. The fourth-order valence-electron chi connectivity index (χ4n) is 2.50. The summed E-state index contributed by atoms with van der Waals surface area (Å²) in [6.07, 6.45) is -3.27. The van der Waals surface area contributed by atoms with E-state index in [1.807, 2.05) is 0 Å². The molecule has 0 bridgehead atoms. The number of hydrogen-bond donors (Lipinski definition) is 1. The van der Waals surface area contributed by atoms with Gasteiger partial charge in [-0.1, -0.05) is 29.8 Å². The molecule has 2 heterocycles. The number of alkyl halides is 3. The number of carbonyl (C=O) groups is 1. The maximum absolute atomic E-state index is 13.2. The SMILES string of the molecule is Cn1c(COc2ncc(Cl)cc2C(N)=O)nnc1-c1ccccc1C(F)(F)F. The van der Waals surface area contributed by atoms with E-state index in [4.69, 9.17) is 22.1 Å². The van der Waals surface area contributed by atoms with E-state index in [0.717, 1.165) is 6.07 Å². The number of rotatable bonds is 5. The zero-order valence-corrected chi connectivity index (χ0v) is 15.1. The molecule has 1 amide bonds. The molecule has 0 aliphatic rings. The summed E-state index contributed by atoms with van der Waals surface area (Å²) in [5.74, 6) is -0.621. The van der Waals surface area contributed by atoms with Gasteiger partial charge < -0.3 is 15.0 Å². The first-order valence-electron chi connectivity index (χ1n) is 7.81. The molecule has 0 fully saturated rings. The molecule has 28 heavy (non-hydrogen) atoms. The zero-order valence-electron chi connectivity index (χ0n) is 14.4. The van der Waals surface area contributed by atoms with Gasteiger partial charge in [0.25, 0.3) is 5.91 Å². The minimum Gasteiger partial charge on any atom is -0.469 e. The van der Waals surface area contributed by atoms with Crippen LogP contribution in [0.2, 0.25) is 5.02 Å². The molecule has 0 aliphatic carbocycles. The van der Waals surface area contributed by atoms with Crippen LogP contribution >= 0.6 is 11.6 Å². The fourth-order valence-corrected chi connectivity index (χ4v) is 2.66. The maximum Gasteiger partial charge on any atom is 0.417 e. The second kappa shape index (κ2) is 7.47. The number of nitrogens with two attached hydrogens (primary N) is 1. The van der Waals surface area contributed by atoms with Gasteiger partial charge in [-0.05, 0) is 12.1 Å². The van der Waals surface area contributed by atoms with Gasteiger partial charge in [-0.3, -0.25) is 4.79 Å². The monoisotopic (exact) mass is 411 g/mol. The first-order valence-corrected chi connectivity index (χ1v) is 8.19. The van der Waals surface area contributed by atoms with Gasteiger partial charge in [0.15, 0.2) is 11.6 Å². The highest BCUT2D eigenvalue weighted by Crippen LogP contribution is 2.36. The number of halogens is 4. The second-order valence-electron chi connectivity index (χ2n) is 5.70. The van der Waals surface area contributed by atoms with Crippen molar-refractivity contribution in [1.82, 2.24) is 19.7 Å². The molecule has 3 rings (SSSR count). The van der Waals surface area contributed by atoms with Crippen LogP contribution < -0.4 is 10.5 Å². The van der Waals surface area contributed by atoms with Crippen LogP contribution in [-0.2, 0) is 19.8 Å². The molecule has 146 valence electrons. The number of carbonyl (C=O) groups excluding carboxylic acids is 1. The molecule has 2 aromatic heterocycles. The van der Waals surface area contributed by atoms with Crippen LogP contribution in [0.4, 0.5) is 13.2 Å².